The number of hydrogen-bond acceptors (Lipinski definition) is 3. The molecule has 3 aromatic rings. The van der Waals surface area contributed by atoms with Crippen molar-refractivity contribution in [1.29, 1.82) is 0 Å². The van der Waals surface area contributed by atoms with Gasteiger partial charge in [-0.1, -0.05) is 23.7 Å². The van der Waals surface area contributed by atoms with Gasteiger partial charge in [-0.3, -0.25) is 0 Å². The molecule has 1 aromatic heterocycles. The van der Waals surface area contributed by atoms with Crippen LogP contribution in [0.2, 0.25) is 5.02 Å². The van der Waals surface area contributed by atoms with E-state index in [1.54, 1.807) is 11.3 Å². The van der Waals surface area contributed by atoms with Gasteiger partial charge < -0.3 is 4.74 Å². The van der Waals surface area contributed by atoms with E-state index in [-0.39, 0.29) is 0 Å². The molecule has 2 aromatic carbocycles. The number of halogens is 1. The van der Waals surface area contributed by atoms with Crippen molar-refractivity contribution in [3.05, 3.63) is 52.5 Å². The highest BCUT2D eigenvalue weighted by atomic mass is 35.5. The van der Waals surface area contributed by atoms with E-state index >= 15 is 0 Å². The van der Waals surface area contributed by atoms with Crippen molar-refractivity contribution in [1.82, 2.24) is 4.98 Å². The van der Waals surface area contributed by atoms with E-state index in [1.165, 1.54) is 0 Å². The molecule has 1 aliphatic heterocycles. The third kappa shape index (κ3) is 1.74. The molecule has 0 aliphatic carbocycles. The highest BCUT2D eigenvalue weighted by molar-refractivity contribution is 7.15. The van der Waals surface area contributed by atoms with Crippen LogP contribution in [-0.2, 0) is 0 Å². The number of rotatable bonds is 0. The average Bonchev–Trinajstić information content (AvgIpc) is 2.78. The van der Waals surface area contributed by atoms with Crippen molar-refractivity contribution in [2.75, 3.05) is 0 Å². The van der Waals surface area contributed by atoms with Crippen LogP contribution in [0.5, 0.6) is 11.5 Å². The van der Waals surface area contributed by atoms with E-state index in [0.717, 1.165) is 38.2 Å². The van der Waals surface area contributed by atoms with Crippen LogP contribution in [0.1, 0.15) is 5.01 Å². The molecule has 20 heavy (non-hydrogen) atoms. The Morgan fingerprint density at radius 2 is 1.85 bits per heavy atom. The minimum atomic E-state index is 0.690. The summed E-state index contributed by atoms with van der Waals surface area (Å²) in [6, 6.07) is 13.7. The van der Waals surface area contributed by atoms with E-state index in [2.05, 4.69) is 11.1 Å². The predicted molar refractivity (Wildman–Crippen MR) is 82.8 cm³/mol. The van der Waals surface area contributed by atoms with Crippen LogP contribution in [0.25, 0.3) is 21.7 Å². The Balaban J connectivity index is 2.11. The van der Waals surface area contributed by atoms with Gasteiger partial charge in [0.2, 0.25) is 0 Å². The third-order valence-corrected chi connectivity index (χ3v) is 4.52. The normalized spacial score (nSPS) is 11.9. The number of ether oxygens (including phenoxy) is 1. The number of aromatic nitrogens is 1. The van der Waals surface area contributed by atoms with Crippen molar-refractivity contribution >= 4 is 22.9 Å². The zero-order valence-electron chi connectivity index (χ0n) is 10.7. The first kappa shape index (κ1) is 11.9. The average molecular weight is 300 g/mol. The van der Waals surface area contributed by atoms with Gasteiger partial charge in [0.05, 0.1) is 15.6 Å². The number of para-hydroxylation sites is 1. The highest BCUT2D eigenvalue weighted by Gasteiger charge is 2.23. The van der Waals surface area contributed by atoms with Gasteiger partial charge in [0.1, 0.15) is 11.5 Å². The number of hydrogen-bond donors (Lipinski definition) is 0. The maximum atomic E-state index is 6.13. The summed E-state index contributed by atoms with van der Waals surface area (Å²) in [5, 5.41) is 1.73. The molecule has 2 nitrogen and oxygen atoms in total. The highest BCUT2D eigenvalue weighted by Crippen LogP contribution is 2.48. The molecule has 4 heteroatoms. The summed E-state index contributed by atoms with van der Waals surface area (Å²) >= 11 is 7.82. The lowest BCUT2D eigenvalue weighted by Gasteiger charge is -2.08. The second-order valence-electron chi connectivity index (χ2n) is 4.65. The van der Waals surface area contributed by atoms with Crippen molar-refractivity contribution in [3.63, 3.8) is 0 Å². The first-order valence-corrected chi connectivity index (χ1v) is 7.46. The molecule has 0 bridgehead atoms. The summed E-state index contributed by atoms with van der Waals surface area (Å²) in [6.07, 6.45) is 0. The van der Waals surface area contributed by atoms with Crippen LogP contribution in [0, 0.1) is 6.92 Å². The molecule has 0 amide bonds. The lowest BCUT2D eigenvalue weighted by Crippen LogP contribution is -1.86. The van der Waals surface area contributed by atoms with E-state index in [9.17, 15) is 0 Å². The Labute approximate surface area is 125 Å². The lowest BCUT2D eigenvalue weighted by molar-refractivity contribution is 0.487. The Bertz CT molecular complexity index is 825. The van der Waals surface area contributed by atoms with Crippen LogP contribution in [0.15, 0.2) is 42.5 Å². The molecule has 0 unspecified atom stereocenters. The molecule has 0 fully saturated rings. The summed E-state index contributed by atoms with van der Waals surface area (Å²) in [6.45, 7) is 2.02. The molecular formula is C16H10ClNOS. The fourth-order valence-electron chi connectivity index (χ4n) is 2.43. The standard InChI is InChI=1S/C16H10ClNOS/c1-9-18-15-12-8-10(17)6-7-14(12)19-13-5-3-2-4-11(13)16(15)20-9/h2-8H,1H3. The molecular weight excluding hydrogens is 290 g/mol. The Morgan fingerprint density at radius 3 is 2.75 bits per heavy atom. The number of fused-ring (bicyclic) bond motifs is 5. The monoisotopic (exact) mass is 299 g/mol. The first-order valence-electron chi connectivity index (χ1n) is 6.27. The first-order chi connectivity index (χ1) is 9.72. The van der Waals surface area contributed by atoms with Gasteiger partial charge in [-0.25, -0.2) is 4.98 Å². The van der Waals surface area contributed by atoms with Gasteiger partial charge in [-0.05, 0) is 37.3 Å². The fraction of sp³-hybridized carbons (Fsp3) is 0.0625. The quantitative estimate of drug-likeness (QED) is 0.425. The van der Waals surface area contributed by atoms with Crippen molar-refractivity contribution in [2.45, 2.75) is 6.92 Å². The summed E-state index contributed by atoms with van der Waals surface area (Å²) in [4.78, 5) is 5.81. The fourth-order valence-corrected chi connectivity index (χ4v) is 3.57. The molecule has 0 spiro atoms. The van der Waals surface area contributed by atoms with E-state index in [0.29, 0.717) is 5.02 Å². The van der Waals surface area contributed by atoms with Gasteiger partial charge in [-0.15, -0.1) is 11.3 Å². The summed E-state index contributed by atoms with van der Waals surface area (Å²) in [7, 11) is 0. The van der Waals surface area contributed by atoms with E-state index < -0.39 is 0 Å². The molecule has 0 saturated heterocycles. The number of thiazole rings is 1. The Hall–Kier alpha value is -1.84. The second-order valence-corrected chi connectivity index (χ2v) is 6.29. The topological polar surface area (TPSA) is 22.1 Å². The molecule has 0 saturated carbocycles. The van der Waals surface area contributed by atoms with E-state index in [1.807, 2.05) is 43.3 Å². The Morgan fingerprint density at radius 1 is 1.05 bits per heavy atom. The number of nitrogens with zero attached hydrogens (tertiary/aromatic N) is 1. The van der Waals surface area contributed by atoms with Gasteiger partial charge in [-0.2, -0.15) is 0 Å². The van der Waals surface area contributed by atoms with Gasteiger partial charge in [0.25, 0.3) is 0 Å². The molecule has 4 rings (SSSR count). The van der Waals surface area contributed by atoms with Crippen LogP contribution in [0.3, 0.4) is 0 Å². The molecule has 0 N–H and O–H groups in total. The van der Waals surface area contributed by atoms with Crippen LogP contribution in [-0.4, -0.2) is 4.98 Å². The van der Waals surface area contributed by atoms with Crippen LogP contribution < -0.4 is 4.74 Å². The zero-order valence-corrected chi connectivity index (χ0v) is 12.3. The third-order valence-electron chi connectivity index (χ3n) is 3.28. The van der Waals surface area contributed by atoms with Crippen molar-refractivity contribution < 1.29 is 4.74 Å². The van der Waals surface area contributed by atoms with Crippen LogP contribution >= 0.6 is 22.9 Å². The number of benzene rings is 2. The largest absolute Gasteiger partial charge is 0.456 e. The molecule has 0 atom stereocenters. The van der Waals surface area contributed by atoms with Crippen LogP contribution in [0.4, 0.5) is 0 Å². The summed E-state index contributed by atoms with van der Waals surface area (Å²) in [5.74, 6) is 1.66. The van der Waals surface area contributed by atoms with Gasteiger partial charge in [0, 0.05) is 16.1 Å². The molecule has 2 heterocycles. The van der Waals surface area contributed by atoms with Gasteiger partial charge in [0.15, 0.2) is 0 Å². The van der Waals surface area contributed by atoms with Crippen molar-refractivity contribution in [2.24, 2.45) is 0 Å². The minimum Gasteiger partial charge on any atom is -0.456 e. The zero-order chi connectivity index (χ0) is 13.7. The SMILES string of the molecule is Cc1nc2c(s1)-c1ccccc1Oc1ccc(Cl)cc1-2. The maximum Gasteiger partial charge on any atom is 0.137 e. The van der Waals surface area contributed by atoms with Crippen molar-refractivity contribution in [3.8, 4) is 33.2 Å². The Kier molecular flexibility index (Phi) is 2.59. The minimum absolute atomic E-state index is 0.690. The second kappa shape index (κ2) is 4.33. The summed E-state index contributed by atoms with van der Waals surface area (Å²) in [5.41, 5.74) is 2.99. The molecule has 98 valence electrons. The lowest BCUT2D eigenvalue weighted by atomic mass is 10.1. The smallest absolute Gasteiger partial charge is 0.137 e. The maximum absolute atomic E-state index is 6.13. The predicted octanol–water partition coefficient (Wildman–Crippen LogP) is 5.54. The van der Waals surface area contributed by atoms with E-state index in [4.69, 9.17) is 16.3 Å². The summed E-state index contributed by atoms with van der Waals surface area (Å²) < 4.78 is 6.05. The molecule has 1 aliphatic rings. The van der Waals surface area contributed by atoms with Gasteiger partial charge >= 0.3 is 0 Å². The molecule has 0 radical (unpaired) electrons. The number of aryl methyl sites for hydroxylation is 1.